The van der Waals surface area contributed by atoms with Gasteiger partial charge in [-0.05, 0) is 59.8 Å². The van der Waals surface area contributed by atoms with Gasteiger partial charge in [0, 0.05) is 29.3 Å². The topological polar surface area (TPSA) is 38.3 Å². The zero-order valence-corrected chi connectivity index (χ0v) is 13.1. The maximum atomic E-state index is 12.1. The number of rotatable bonds is 3. The smallest absolute Gasteiger partial charge is 0.251 e. The molecule has 1 fully saturated rings. The molecule has 1 N–H and O–H groups in total. The number of amides is 1. The van der Waals surface area contributed by atoms with Gasteiger partial charge in [-0.1, -0.05) is 11.6 Å². The summed E-state index contributed by atoms with van der Waals surface area (Å²) in [6.07, 6.45) is 2.01. The van der Waals surface area contributed by atoms with Gasteiger partial charge in [0.05, 0.1) is 5.02 Å². The van der Waals surface area contributed by atoms with Crippen LogP contribution in [-0.2, 0) is 4.74 Å². The Morgan fingerprint density at radius 1 is 1.47 bits per heavy atom. The zero-order valence-electron chi connectivity index (χ0n) is 10.8. The molecule has 0 radical (unpaired) electrons. The van der Waals surface area contributed by atoms with Crippen LogP contribution in [0, 0.1) is 5.92 Å². The van der Waals surface area contributed by atoms with E-state index in [-0.39, 0.29) is 11.9 Å². The monoisotopic (exact) mass is 345 g/mol. The first-order valence-corrected chi connectivity index (χ1v) is 7.58. The van der Waals surface area contributed by atoms with Crippen molar-refractivity contribution in [2.75, 3.05) is 13.2 Å². The molecule has 1 aliphatic heterocycles. The second-order valence-electron chi connectivity index (χ2n) is 4.84. The summed E-state index contributed by atoms with van der Waals surface area (Å²) in [7, 11) is 0. The Labute approximate surface area is 126 Å². The minimum absolute atomic E-state index is 0.0756. The molecule has 0 aliphatic carbocycles. The molecular weight excluding hydrogens is 330 g/mol. The predicted molar refractivity (Wildman–Crippen MR) is 79.6 cm³/mol. The Bertz CT molecular complexity index is 461. The normalized spacial score (nSPS) is 18.1. The summed E-state index contributed by atoms with van der Waals surface area (Å²) >= 11 is 9.31. The molecule has 1 amide bonds. The summed E-state index contributed by atoms with van der Waals surface area (Å²) in [4.78, 5) is 12.1. The Balaban J connectivity index is 1.97. The van der Waals surface area contributed by atoms with Crippen LogP contribution in [0.15, 0.2) is 22.7 Å². The number of halogens is 2. The largest absolute Gasteiger partial charge is 0.381 e. The van der Waals surface area contributed by atoms with Crippen molar-refractivity contribution in [2.45, 2.75) is 25.8 Å². The highest BCUT2D eigenvalue weighted by molar-refractivity contribution is 9.10. The molecule has 1 aromatic carbocycles. The van der Waals surface area contributed by atoms with Gasteiger partial charge in [0.25, 0.3) is 5.91 Å². The molecule has 1 unspecified atom stereocenters. The number of benzene rings is 1. The SMILES string of the molecule is CC(NC(=O)c1ccc(Br)c(Cl)c1)C1CCOCC1. The number of hydrogen-bond acceptors (Lipinski definition) is 2. The lowest BCUT2D eigenvalue weighted by Crippen LogP contribution is -2.40. The maximum absolute atomic E-state index is 12.1. The van der Waals surface area contributed by atoms with Crippen LogP contribution in [-0.4, -0.2) is 25.2 Å². The van der Waals surface area contributed by atoms with Crippen molar-refractivity contribution in [3.05, 3.63) is 33.3 Å². The maximum Gasteiger partial charge on any atom is 0.251 e. The first kappa shape index (κ1) is 14.8. The second-order valence-corrected chi connectivity index (χ2v) is 6.10. The number of hydrogen-bond donors (Lipinski definition) is 1. The molecule has 1 heterocycles. The summed E-state index contributed by atoms with van der Waals surface area (Å²) in [5, 5.41) is 3.59. The molecule has 0 spiro atoms. The van der Waals surface area contributed by atoms with Crippen LogP contribution in [0.25, 0.3) is 0 Å². The first-order valence-electron chi connectivity index (χ1n) is 6.41. The van der Waals surface area contributed by atoms with E-state index >= 15 is 0 Å². The molecule has 1 atom stereocenters. The minimum Gasteiger partial charge on any atom is -0.381 e. The molecular formula is C14H17BrClNO2. The van der Waals surface area contributed by atoms with Gasteiger partial charge in [0.1, 0.15) is 0 Å². The van der Waals surface area contributed by atoms with Crippen molar-refractivity contribution in [1.29, 1.82) is 0 Å². The third kappa shape index (κ3) is 3.94. The molecule has 19 heavy (non-hydrogen) atoms. The molecule has 1 saturated heterocycles. The highest BCUT2D eigenvalue weighted by Crippen LogP contribution is 2.24. The molecule has 0 saturated carbocycles. The van der Waals surface area contributed by atoms with Crippen molar-refractivity contribution in [1.82, 2.24) is 5.32 Å². The number of ether oxygens (including phenoxy) is 1. The lowest BCUT2D eigenvalue weighted by atomic mass is 9.93. The predicted octanol–water partition coefficient (Wildman–Crippen LogP) is 3.65. The van der Waals surface area contributed by atoms with Crippen molar-refractivity contribution in [3.63, 3.8) is 0 Å². The molecule has 104 valence electrons. The fraction of sp³-hybridized carbons (Fsp3) is 0.500. The third-order valence-electron chi connectivity index (χ3n) is 3.51. The molecule has 1 aliphatic rings. The van der Waals surface area contributed by atoms with Gasteiger partial charge in [0.2, 0.25) is 0 Å². The van der Waals surface area contributed by atoms with Crippen LogP contribution in [0.3, 0.4) is 0 Å². The highest BCUT2D eigenvalue weighted by atomic mass is 79.9. The van der Waals surface area contributed by atoms with Crippen molar-refractivity contribution < 1.29 is 9.53 Å². The average Bonchev–Trinajstić information content (AvgIpc) is 2.42. The van der Waals surface area contributed by atoms with Crippen LogP contribution in [0.5, 0.6) is 0 Å². The Morgan fingerprint density at radius 3 is 2.79 bits per heavy atom. The van der Waals surface area contributed by atoms with Gasteiger partial charge < -0.3 is 10.1 Å². The minimum atomic E-state index is -0.0756. The van der Waals surface area contributed by atoms with Crippen LogP contribution >= 0.6 is 27.5 Å². The number of carbonyl (C=O) groups excluding carboxylic acids is 1. The third-order valence-corrected chi connectivity index (χ3v) is 4.75. The number of carbonyl (C=O) groups is 1. The molecule has 1 aromatic rings. The summed E-state index contributed by atoms with van der Waals surface area (Å²) in [6.45, 7) is 3.62. The van der Waals surface area contributed by atoms with E-state index in [1.54, 1.807) is 18.2 Å². The Kier molecular flexibility index (Phi) is 5.25. The van der Waals surface area contributed by atoms with Gasteiger partial charge >= 0.3 is 0 Å². The van der Waals surface area contributed by atoms with E-state index in [0.29, 0.717) is 16.5 Å². The average molecular weight is 347 g/mol. The van der Waals surface area contributed by atoms with Crippen LogP contribution < -0.4 is 5.32 Å². The van der Waals surface area contributed by atoms with E-state index in [9.17, 15) is 4.79 Å². The fourth-order valence-electron chi connectivity index (χ4n) is 2.26. The summed E-state index contributed by atoms with van der Waals surface area (Å²) in [5.74, 6) is 0.414. The van der Waals surface area contributed by atoms with E-state index < -0.39 is 0 Å². The van der Waals surface area contributed by atoms with Crippen molar-refractivity contribution >= 4 is 33.4 Å². The van der Waals surface area contributed by atoms with E-state index in [2.05, 4.69) is 21.2 Å². The molecule has 5 heteroatoms. The molecule has 2 rings (SSSR count). The van der Waals surface area contributed by atoms with E-state index in [1.807, 2.05) is 6.92 Å². The van der Waals surface area contributed by atoms with Gasteiger partial charge in [-0.2, -0.15) is 0 Å². The fourth-order valence-corrected chi connectivity index (χ4v) is 2.69. The van der Waals surface area contributed by atoms with Crippen molar-refractivity contribution in [2.24, 2.45) is 5.92 Å². The zero-order chi connectivity index (χ0) is 13.8. The van der Waals surface area contributed by atoms with E-state index in [0.717, 1.165) is 30.5 Å². The van der Waals surface area contributed by atoms with Crippen LogP contribution in [0.2, 0.25) is 5.02 Å². The first-order chi connectivity index (χ1) is 9.08. The summed E-state index contributed by atoms with van der Waals surface area (Å²) in [6, 6.07) is 5.38. The second kappa shape index (κ2) is 6.73. The Hall–Kier alpha value is -0.580. The van der Waals surface area contributed by atoms with Gasteiger partial charge in [0.15, 0.2) is 0 Å². The number of nitrogens with one attached hydrogen (secondary N) is 1. The molecule has 0 bridgehead atoms. The van der Waals surface area contributed by atoms with Gasteiger partial charge in [-0.3, -0.25) is 4.79 Å². The van der Waals surface area contributed by atoms with Crippen molar-refractivity contribution in [3.8, 4) is 0 Å². The summed E-state index contributed by atoms with van der Waals surface area (Å²) in [5.41, 5.74) is 0.590. The lowest BCUT2D eigenvalue weighted by Gasteiger charge is -2.28. The van der Waals surface area contributed by atoms with Gasteiger partial charge in [-0.15, -0.1) is 0 Å². The van der Waals surface area contributed by atoms with Crippen LogP contribution in [0.4, 0.5) is 0 Å². The lowest BCUT2D eigenvalue weighted by molar-refractivity contribution is 0.0538. The van der Waals surface area contributed by atoms with Gasteiger partial charge in [-0.25, -0.2) is 0 Å². The highest BCUT2D eigenvalue weighted by Gasteiger charge is 2.22. The Morgan fingerprint density at radius 2 is 2.16 bits per heavy atom. The van der Waals surface area contributed by atoms with E-state index in [1.165, 1.54) is 0 Å². The summed E-state index contributed by atoms with van der Waals surface area (Å²) < 4.78 is 6.13. The molecule has 3 nitrogen and oxygen atoms in total. The van der Waals surface area contributed by atoms with E-state index in [4.69, 9.17) is 16.3 Å². The standard InChI is InChI=1S/C14H17BrClNO2/c1-9(10-4-6-19-7-5-10)17-14(18)11-2-3-12(15)13(16)8-11/h2-3,8-10H,4-7H2,1H3,(H,17,18). The molecule has 0 aromatic heterocycles. The van der Waals surface area contributed by atoms with Crippen LogP contribution in [0.1, 0.15) is 30.1 Å². The quantitative estimate of drug-likeness (QED) is 0.907.